The molecule has 0 bridgehead atoms. The van der Waals surface area contributed by atoms with E-state index in [0.717, 1.165) is 12.5 Å². The number of nitrogens with one attached hydrogen (secondary N) is 1. The molecule has 192 valence electrons. The molecule has 1 atom stereocenters. The van der Waals surface area contributed by atoms with Crippen LogP contribution in [-0.4, -0.2) is 70.1 Å². The van der Waals surface area contributed by atoms with Crippen molar-refractivity contribution >= 4 is 23.7 Å². The molecule has 1 aliphatic rings. The van der Waals surface area contributed by atoms with Crippen LogP contribution < -0.4 is 20.5 Å². The standard InChI is InChI=1S/C23H31F3N6O3/c1-7-15(33-5)13-35-19-10-16(17(29-8-2)11-18(19)34-6)21(28-3)30-12-14-9-20(23(24,25)26)31-22(27)32(14)4/h8-12,15H,7,13H2,1-6H3,(H2,27,31)(H,28,30)/b14-12-,29-8+. The van der Waals surface area contributed by atoms with E-state index in [1.165, 1.54) is 25.3 Å². The summed E-state index contributed by atoms with van der Waals surface area (Å²) in [5.74, 6) is 0.945. The summed E-state index contributed by atoms with van der Waals surface area (Å²) in [6, 6.07) is 3.40. The van der Waals surface area contributed by atoms with Gasteiger partial charge in [0.25, 0.3) is 0 Å². The van der Waals surface area contributed by atoms with E-state index in [0.29, 0.717) is 35.2 Å². The third kappa shape index (κ3) is 6.98. The highest BCUT2D eigenvalue weighted by molar-refractivity contribution is 6.04. The first-order valence-electron chi connectivity index (χ1n) is 10.8. The molecule has 3 N–H and O–H groups in total. The molecule has 2 rings (SSSR count). The molecule has 1 aromatic carbocycles. The Balaban J connectivity index is 2.47. The third-order valence-corrected chi connectivity index (χ3v) is 5.14. The quantitative estimate of drug-likeness (QED) is 0.399. The van der Waals surface area contributed by atoms with Gasteiger partial charge in [-0.05, 0) is 25.5 Å². The largest absolute Gasteiger partial charge is 0.493 e. The number of ether oxygens (including phenoxy) is 3. The number of nitrogens with zero attached hydrogens (tertiary/aromatic N) is 4. The smallest absolute Gasteiger partial charge is 0.433 e. The van der Waals surface area contributed by atoms with Crippen molar-refractivity contribution in [2.24, 2.45) is 20.7 Å². The Morgan fingerprint density at radius 3 is 2.54 bits per heavy atom. The Morgan fingerprint density at radius 2 is 2.00 bits per heavy atom. The van der Waals surface area contributed by atoms with Gasteiger partial charge in [0.15, 0.2) is 17.2 Å². The van der Waals surface area contributed by atoms with Gasteiger partial charge in [0.05, 0.1) is 24.6 Å². The van der Waals surface area contributed by atoms with Crippen LogP contribution in [0.15, 0.2) is 50.8 Å². The van der Waals surface area contributed by atoms with Gasteiger partial charge in [0.2, 0.25) is 5.96 Å². The van der Waals surface area contributed by atoms with Crippen LogP contribution in [-0.2, 0) is 4.74 Å². The maximum absolute atomic E-state index is 13.2. The number of alkyl halides is 3. The normalized spacial score (nSPS) is 16.9. The van der Waals surface area contributed by atoms with Crippen molar-refractivity contribution in [1.29, 1.82) is 0 Å². The summed E-state index contributed by atoms with van der Waals surface area (Å²) in [6.45, 7) is 4.03. The van der Waals surface area contributed by atoms with E-state index < -0.39 is 11.9 Å². The van der Waals surface area contributed by atoms with Gasteiger partial charge in [0, 0.05) is 45.2 Å². The summed E-state index contributed by atoms with van der Waals surface area (Å²) in [7, 11) is 6.17. The van der Waals surface area contributed by atoms with Gasteiger partial charge >= 0.3 is 6.18 Å². The molecule has 0 aromatic heterocycles. The van der Waals surface area contributed by atoms with Crippen LogP contribution in [0.4, 0.5) is 18.9 Å². The average molecular weight is 497 g/mol. The maximum Gasteiger partial charge on any atom is 0.433 e. The summed E-state index contributed by atoms with van der Waals surface area (Å²) in [6.07, 6.45) is -0.141. The number of hydrogen-bond donors (Lipinski definition) is 2. The number of likely N-dealkylation sites (N-methyl/N-ethyl adjacent to an activating group) is 1. The van der Waals surface area contributed by atoms with Crippen LogP contribution in [0, 0.1) is 0 Å². The number of guanidine groups is 1. The third-order valence-electron chi connectivity index (χ3n) is 5.14. The lowest BCUT2D eigenvalue weighted by molar-refractivity contribution is -0.0927. The zero-order valence-electron chi connectivity index (χ0n) is 20.6. The van der Waals surface area contributed by atoms with E-state index >= 15 is 0 Å². The second kappa shape index (κ2) is 12.2. The minimum atomic E-state index is -4.64. The molecule has 0 aliphatic carbocycles. The molecular weight excluding hydrogens is 465 g/mol. The van der Waals surface area contributed by atoms with Gasteiger partial charge in [0.1, 0.15) is 12.4 Å². The van der Waals surface area contributed by atoms with Crippen molar-refractivity contribution < 1.29 is 27.4 Å². The molecule has 0 spiro atoms. The van der Waals surface area contributed by atoms with E-state index in [-0.39, 0.29) is 17.8 Å². The molecule has 35 heavy (non-hydrogen) atoms. The van der Waals surface area contributed by atoms with Crippen LogP contribution in [0.2, 0.25) is 0 Å². The molecule has 0 saturated heterocycles. The van der Waals surface area contributed by atoms with Gasteiger partial charge in [-0.2, -0.15) is 13.2 Å². The second-order valence-corrected chi connectivity index (χ2v) is 7.33. The Bertz CT molecular complexity index is 1040. The molecule has 0 fully saturated rings. The fraction of sp³-hybridized carbons (Fsp3) is 0.435. The van der Waals surface area contributed by atoms with Crippen LogP contribution >= 0.6 is 0 Å². The van der Waals surface area contributed by atoms with E-state index in [4.69, 9.17) is 19.9 Å². The van der Waals surface area contributed by atoms with E-state index in [1.54, 1.807) is 39.4 Å². The Kier molecular flexibility index (Phi) is 9.69. The summed E-state index contributed by atoms with van der Waals surface area (Å²) >= 11 is 0. The van der Waals surface area contributed by atoms with E-state index in [2.05, 4.69) is 20.3 Å². The first-order chi connectivity index (χ1) is 16.6. The zero-order valence-corrected chi connectivity index (χ0v) is 20.6. The molecule has 0 radical (unpaired) electrons. The predicted octanol–water partition coefficient (Wildman–Crippen LogP) is 3.73. The van der Waals surface area contributed by atoms with Gasteiger partial charge in [-0.25, -0.2) is 4.99 Å². The molecule has 1 aromatic rings. The van der Waals surface area contributed by atoms with Gasteiger partial charge in [-0.3, -0.25) is 9.98 Å². The second-order valence-electron chi connectivity index (χ2n) is 7.33. The Morgan fingerprint density at radius 1 is 1.29 bits per heavy atom. The minimum absolute atomic E-state index is 0.109. The molecular formula is C23H31F3N6O3. The number of aliphatic imine (C=N–C) groups is 3. The fourth-order valence-corrected chi connectivity index (χ4v) is 3.08. The number of amidine groups is 1. The van der Waals surface area contributed by atoms with Gasteiger partial charge < -0.3 is 30.2 Å². The van der Waals surface area contributed by atoms with E-state index in [1.807, 2.05) is 6.92 Å². The highest BCUT2D eigenvalue weighted by Crippen LogP contribution is 2.36. The number of halogens is 3. The Labute approximate surface area is 202 Å². The summed E-state index contributed by atoms with van der Waals surface area (Å²) in [4.78, 5) is 13.4. The SMILES string of the molecule is C/C=N/c1cc(OC)c(OCC(CC)OC)cc1/C(=N\C)N/C=C1/C=C(C(F)(F)F)N=C(N)N1C. The number of nitrogens with two attached hydrogens (primary N) is 1. The van der Waals surface area contributed by atoms with Crippen molar-refractivity contribution in [3.63, 3.8) is 0 Å². The lowest BCUT2D eigenvalue weighted by Gasteiger charge is -2.25. The number of allylic oxidation sites excluding steroid dienone is 2. The van der Waals surface area contributed by atoms with Crippen molar-refractivity contribution in [1.82, 2.24) is 10.2 Å². The number of rotatable bonds is 9. The molecule has 12 heteroatoms. The first-order valence-corrected chi connectivity index (χ1v) is 10.8. The number of hydrogen-bond acceptors (Lipinski definition) is 8. The lowest BCUT2D eigenvalue weighted by Crippen LogP contribution is -2.37. The average Bonchev–Trinajstić information content (AvgIpc) is 2.82. The lowest BCUT2D eigenvalue weighted by atomic mass is 10.1. The summed E-state index contributed by atoms with van der Waals surface area (Å²) in [5.41, 5.74) is 5.78. The monoisotopic (exact) mass is 496 g/mol. The van der Waals surface area contributed by atoms with Crippen molar-refractivity contribution in [2.75, 3.05) is 34.9 Å². The molecule has 0 saturated carbocycles. The summed E-state index contributed by atoms with van der Waals surface area (Å²) < 4.78 is 56.4. The van der Waals surface area contributed by atoms with Crippen molar-refractivity contribution in [3.8, 4) is 11.5 Å². The van der Waals surface area contributed by atoms with Gasteiger partial charge in [-0.15, -0.1) is 0 Å². The molecule has 1 unspecified atom stereocenters. The fourth-order valence-electron chi connectivity index (χ4n) is 3.08. The number of methoxy groups -OCH3 is 2. The molecule has 0 amide bonds. The van der Waals surface area contributed by atoms with Crippen molar-refractivity contribution in [2.45, 2.75) is 32.5 Å². The van der Waals surface area contributed by atoms with Crippen LogP contribution in [0.1, 0.15) is 25.8 Å². The highest BCUT2D eigenvalue weighted by atomic mass is 19.4. The molecule has 1 aliphatic heterocycles. The summed E-state index contributed by atoms with van der Waals surface area (Å²) in [5, 5.41) is 2.96. The molecule has 9 nitrogen and oxygen atoms in total. The Hall–Kier alpha value is -3.54. The number of benzene rings is 1. The van der Waals surface area contributed by atoms with Crippen LogP contribution in [0.5, 0.6) is 11.5 Å². The zero-order chi connectivity index (χ0) is 26.2. The van der Waals surface area contributed by atoms with E-state index in [9.17, 15) is 13.2 Å². The van der Waals surface area contributed by atoms with Gasteiger partial charge in [-0.1, -0.05) is 6.92 Å². The highest BCUT2D eigenvalue weighted by Gasteiger charge is 2.36. The predicted molar refractivity (Wildman–Crippen MR) is 131 cm³/mol. The van der Waals surface area contributed by atoms with Crippen molar-refractivity contribution in [3.05, 3.63) is 41.4 Å². The maximum atomic E-state index is 13.2. The molecule has 1 heterocycles. The topological polar surface area (TPSA) is 106 Å². The van der Waals surface area contributed by atoms with Crippen LogP contribution in [0.3, 0.4) is 0 Å². The minimum Gasteiger partial charge on any atom is -0.493 e. The first kappa shape index (κ1) is 27.7. The van der Waals surface area contributed by atoms with Crippen LogP contribution in [0.25, 0.3) is 0 Å².